The molecule has 10 heteroatoms. The van der Waals surface area contributed by atoms with E-state index in [4.69, 9.17) is 0 Å². The van der Waals surface area contributed by atoms with Crippen molar-refractivity contribution in [2.45, 2.75) is 25.7 Å². The van der Waals surface area contributed by atoms with Gasteiger partial charge in [-0.2, -0.15) is 4.98 Å². The third-order valence-electron chi connectivity index (χ3n) is 5.61. The van der Waals surface area contributed by atoms with Gasteiger partial charge in [-0.1, -0.05) is 6.07 Å². The number of carbonyl (C=O) groups excluding carboxylic acids is 2. The highest BCUT2D eigenvalue weighted by molar-refractivity contribution is 6.06. The molecule has 3 N–H and O–H groups in total. The first kappa shape index (κ1) is 18.3. The fourth-order valence-electron chi connectivity index (χ4n) is 3.86. The number of benzene rings is 1. The Morgan fingerprint density at radius 2 is 2.07 bits per heavy atom. The van der Waals surface area contributed by atoms with Gasteiger partial charge in [0.05, 0.1) is 5.41 Å². The van der Waals surface area contributed by atoms with E-state index < -0.39 is 5.41 Å². The van der Waals surface area contributed by atoms with E-state index in [0.29, 0.717) is 43.5 Å². The Bertz CT molecular complexity index is 1170. The summed E-state index contributed by atoms with van der Waals surface area (Å²) in [7, 11) is 0. The highest BCUT2D eigenvalue weighted by atomic mass is 16.2. The molecule has 2 aliphatic rings. The molecule has 4 heterocycles. The van der Waals surface area contributed by atoms with Crippen LogP contribution in [0.25, 0.3) is 5.65 Å². The maximum Gasteiger partial charge on any atom is 0.247 e. The van der Waals surface area contributed by atoms with Crippen LogP contribution >= 0.6 is 0 Å². The number of aromatic nitrogens is 4. The minimum atomic E-state index is -0.542. The lowest BCUT2D eigenvalue weighted by Gasteiger charge is -2.20. The SMILES string of the molecule is CC1(C)C(=O)Nc2cc(Nc3nc4c(N5CCNC(=O)CC5)nccn4n3)ccc21. The molecule has 0 bridgehead atoms. The topological polar surface area (TPSA) is 117 Å². The molecule has 2 amide bonds. The lowest BCUT2D eigenvalue weighted by Crippen LogP contribution is -2.29. The van der Waals surface area contributed by atoms with Gasteiger partial charge in [0.2, 0.25) is 17.8 Å². The molecule has 154 valence electrons. The zero-order valence-corrected chi connectivity index (χ0v) is 16.8. The van der Waals surface area contributed by atoms with Gasteiger partial charge in [0.25, 0.3) is 0 Å². The maximum absolute atomic E-state index is 12.2. The quantitative estimate of drug-likeness (QED) is 0.602. The van der Waals surface area contributed by atoms with Crippen LogP contribution in [0, 0.1) is 0 Å². The van der Waals surface area contributed by atoms with Gasteiger partial charge in [-0.3, -0.25) is 9.59 Å². The summed E-state index contributed by atoms with van der Waals surface area (Å²) in [6, 6.07) is 5.75. The molecule has 0 saturated carbocycles. The second kappa shape index (κ2) is 6.68. The zero-order chi connectivity index (χ0) is 20.9. The molecule has 2 aromatic heterocycles. The summed E-state index contributed by atoms with van der Waals surface area (Å²) in [6.07, 6.45) is 3.83. The van der Waals surface area contributed by atoms with E-state index in [1.807, 2.05) is 36.9 Å². The Hall–Kier alpha value is -3.69. The number of nitrogens with zero attached hydrogens (tertiary/aromatic N) is 5. The first-order valence-corrected chi connectivity index (χ1v) is 9.88. The molecule has 30 heavy (non-hydrogen) atoms. The van der Waals surface area contributed by atoms with E-state index in [-0.39, 0.29) is 11.8 Å². The van der Waals surface area contributed by atoms with E-state index in [0.717, 1.165) is 16.9 Å². The standard InChI is InChI=1S/C20H22N8O2/c1-20(2)13-4-3-12(11-14(13)24-18(20)30)23-19-25-17-16(22-7-10-28(17)26-19)27-8-5-15(29)21-6-9-27/h3-4,7,10-11H,5-6,8-9H2,1-2H3,(H,21,29)(H,23,26)(H,24,30). The molecule has 3 aromatic rings. The predicted octanol–water partition coefficient (Wildman–Crippen LogP) is 1.42. The number of anilines is 4. The summed E-state index contributed by atoms with van der Waals surface area (Å²) in [4.78, 5) is 35.0. The third-order valence-corrected chi connectivity index (χ3v) is 5.61. The summed E-state index contributed by atoms with van der Waals surface area (Å²) < 4.78 is 1.67. The molecule has 1 fully saturated rings. The molecule has 0 atom stereocenters. The lowest BCUT2D eigenvalue weighted by atomic mass is 9.86. The Balaban J connectivity index is 1.43. The van der Waals surface area contributed by atoms with E-state index in [9.17, 15) is 9.59 Å². The Morgan fingerprint density at radius 3 is 2.93 bits per heavy atom. The first-order chi connectivity index (χ1) is 14.4. The lowest BCUT2D eigenvalue weighted by molar-refractivity contribution is -0.121. The van der Waals surface area contributed by atoms with Crippen LogP contribution < -0.4 is 20.9 Å². The highest BCUT2D eigenvalue weighted by Gasteiger charge is 2.38. The van der Waals surface area contributed by atoms with Crippen molar-refractivity contribution >= 4 is 40.6 Å². The smallest absolute Gasteiger partial charge is 0.247 e. The molecule has 0 unspecified atom stereocenters. The molecule has 0 spiro atoms. The Labute approximate surface area is 172 Å². The van der Waals surface area contributed by atoms with Crippen LogP contribution in [0.5, 0.6) is 0 Å². The second-order valence-corrected chi connectivity index (χ2v) is 8.01. The van der Waals surface area contributed by atoms with E-state index in [1.54, 1.807) is 16.9 Å². The van der Waals surface area contributed by atoms with Gasteiger partial charge in [-0.05, 0) is 31.5 Å². The molecule has 10 nitrogen and oxygen atoms in total. The average Bonchev–Trinajstić information content (AvgIpc) is 3.12. The average molecular weight is 406 g/mol. The molecule has 1 saturated heterocycles. The van der Waals surface area contributed by atoms with E-state index in [2.05, 4.69) is 31.0 Å². The van der Waals surface area contributed by atoms with Crippen molar-refractivity contribution in [3.05, 3.63) is 36.2 Å². The van der Waals surface area contributed by atoms with Crippen molar-refractivity contribution in [2.75, 3.05) is 35.2 Å². The largest absolute Gasteiger partial charge is 0.354 e. The van der Waals surface area contributed by atoms with Crippen molar-refractivity contribution in [1.82, 2.24) is 24.9 Å². The second-order valence-electron chi connectivity index (χ2n) is 8.01. The fraction of sp³-hybridized carbons (Fsp3) is 0.350. The molecule has 1 aromatic carbocycles. The summed E-state index contributed by atoms with van der Waals surface area (Å²) in [5.41, 5.74) is 2.62. The number of hydrogen-bond donors (Lipinski definition) is 3. The van der Waals surface area contributed by atoms with Crippen LogP contribution in [0.15, 0.2) is 30.6 Å². The van der Waals surface area contributed by atoms with Gasteiger partial charge < -0.3 is 20.9 Å². The zero-order valence-electron chi connectivity index (χ0n) is 16.8. The number of rotatable bonds is 3. The van der Waals surface area contributed by atoms with Crippen LogP contribution in [0.2, 0.25) is 0 Å². The Kier molecular flexibility index (Phi) is 4.09. The van der Waals surface area contributed by atoms with E-state index in [1.165, 1.54) is 0 Å². The molecule has 2 aliphatic heterocycles. The van der Waals surface area contributed by atoms with Crippen LogP contribution in [0.1, 0.15) is 25.8 Å². The normalized spacial score (nSPS) is 18.0. The van der Waals surface area contributed by atoms with Gasteiger partial charge in [-0.15, -0.1) is 5.10 Å². The maximum atomic E-state index is 12.2. The highest BCUT2D eigenvalue weighted by Crippen LogP contribution is 2.38. The van der Waals surface area contributed by atoms with Crippen LogP contribution in [-0.2, 0) is 15.0 Å². The van der Waals surface area contributed by atoms with Crippen LogP contribution in [-0.4, -0.2) is 51.0 Å². The van der Waals surface area contributed by atoms with Gasteiger partial charge in [0, 0.05) is 49.8 Å². The van der Waals surface area contributed by atoms with Crippen molar-refractivity contribution in [3.8, 4) is 0 Å². The van der Waals surface area contributed by atoms with Crippen molar-refractivity contribution in [1.29, 1.82) is 0 Å². The Morgan fingerprint density at radius 1 is 1.20 bits per heavy atom. The van der Waals surface area contributed by atoms with Gasteiger partial charge in [0.1, 0.15) is 0 Å². The first-order valence-electron chi connectivity index (χ1n) is 9.88. The van der Waals surface area contributed by atoms with Crippen molar-refractivity contribution < 1.29 is 9.59 Å². The van der Waals surface area contributed by atoms with Gasteiger partial charge in [0.15, 0.2) is 11.5 Å². The molecule has 0 aliphatic carbocycles. The number of carbonyl (C=O) groups is 2. The molecule has 5 rings (SSSR count). The predicted molar refractivity (Wildman–Crippen MR) is 112 cm³/mol. The minimum Gasteiger partial charge on any atom is -0.354 e. The number of amides is 2. The van der Waals surface area contributed by atoms with Gasteiger partial charge in [-0.25, -0.2) is 9.50 Å². The van der Waals surface area contributed by atoms with Crippen LogP contribution in [0.3, 0.4) is 0 Å². The monoisotopic (exact) mass is 406 g/mol. The fourth-order valence-corrected chi connectivity index (χ4v) is 3.86. The third kappa shape index (κ3) is 3.00. The van der Waals surface area contributed by atoms with E-state index >= 15 is 0 Å². The summed E-state index contributed by atoms with van der Waals surface area (Å²) >= 11 is 0. The molecular weight excluding hydrogens is 384 g/mol. The van der Waals surface area contributed by atoms with Crippen molar-refractivity contribution in [3.63, 3.8) is 0 Å². The van der Waals surface area contributed by atoms with Crippen LogP contribution in [0.4, 0.5) is 23.1 Å². The summed E-state index contributed by atoms with van der Waals surface area (Å²) in [6.45, 7) is 5.62. The molecular formula is C20H22N8O2. The summed E-state index contributed by atoms with van der Waals surface area (Å²) in [5.74, 6) is 1.15. The number of nitrogens with one attached hydrogen (secondary N) is 3. The number of fused-ring (bicyclic) bond motifs is 2. The van der Waals surface area contributed by atoms with Crippen molar-refractivity contribution in [2.24, 2.45) is 0 Å². The minimum absolute atomic E-state index is 0.0124. The van der Waals surface area contributed by atoms with Gasteiger partial charge >= 0.3 is 0 Å². The number of hydrogen-bond acceptors (Lipinski definition) is 7. The summed E-state index contributed by atoms with van der Waals surface area (Å²) in [5, 5.41) is 13.5. The molecule has 0 radical (unpaired) electrons.